The SMILES string of the molecule is Cc1cnc(Nc2ccc(C3=CCN(C)CC3)c(F)c2)nc1Cc1ccc(Cl)c(CS(=O)(=O)C(C)(C)C)c1. The van der Waals surface area contributed by atoms with E-state index in [1.807, 2.05) is 25.1 Å². The molecule has 0 spiro atoms. The molecule has 6 nitrogen and oxygen atoms in total. The molecule has 1 aliphatic heterocycles. The average Bonchev–Trinajstić information content (AvgIpc) is 2.83. The van der Waals surface area contributed by atoms with Crippen LogP contribution in [0.25, 0.3) is 5.57 Å². The minimum absolute atomic E-state index is 0.131. The molecular formula is C29H34ClFN4O2S. The van der Waals surface area contributed by atoms with Gasteiger partial charge in [-0.15, -0.1) is 0 Å². The molecule has 0 saturated heterocycles. The van der Waals surface area contributed by atoms with Crippen LogP contribution in [0.1, 0.15) is 55.1 Å². The van der Waals surface area contributed by atoms with Crippen molar-refractivity contribution in [3.63, 3.8) is 0 Å². The van der Waals surface area contributed by atoms with E-state index in [1.54, 1.807) is 39.1 Å². The van der Waals surface area contributed by atoms with E-state index in [4.69, 9.17) is 11.6 Å². The Labute approximate surface area is 229 Å². The van der Waals surface area contributed by atoms with Crippen LogP contribution in [0.2, 0.25) is 5.02 Å². The van der Waals surface area contributed by atoms with Gasteiger partial charge in [-0.3, -0.25) is 0 Å². The minimum Gasteiger partial charge on any atom is -0.324 e. The number of halogens is 2. The lowest BCUT2D eigenvalue weighted by Gasteiger charge is -2.22. The number of anilines is 2. The van der Waals surface area contributed by atoms with Crippen LogP contribution in [0.5, 0.6) is 0 Å². The molecule has 38 heavy (non-hydrogen) atoms. The third-order valence-corrected chi connectivity index (χ3v) is 9.75. The van der Waals surface area contributed by atoms with Gasteiger partial charge in [0.1, 0.15) is 5.82 Å². The van der Waals surface area contributed by atoms with E-state index >= 15 is 0 Å². The van der Waals surface area contributed by atoms with E-state index in [1.165, 1.54) is 6.07 Å². The summed E-state index contributed by atoms with van der Waals surface area (Å²) in [5, 5.41) is 3.53. The fraction of sp³-hybridized carbons (Fsp3) is 0.379. The largest absolute Gasteiger partial charge is 0.324 e. The third-order valence-electron chi connectivity index (χ3n) is 6.82. The number of aryl methyl sites for hydroxylation is 1. The minimum atomic E-state index is -3.39. The van der Waals surface area contributed by atoms with Crippen LogP contribution in [0.3, 0.4) is 0 Å². The average molecular weight is 557 g/mol. The molecule has 0 saturated carbocycles. The first-order chi connectivity index (χ1) is 17.8. The Bertz CT molecular complexity index is 1480. The first kappa shape index (κ1) is 28.2. The highest BCUT2D eigenvalue weighted by Crippen LogP contribution is 2.29. The lowest BCUT2D eigenvalue weighted by molar-refractivity contribution is 0.369. The maximum atomic E-state index is 14.9. The molecule has 9 heteroatoms. The monoisotopic (exact) mass is 556 g/mol. The van der Waals surface area contributed by atoms with Crippen molar-refractivity contribution in [1.29, 1.82) is 0 Å². The maximum absolute atomic E-state index is 14.9. The Hall–Kier alpha value is -2.81. The molecule has 2 heterocycles. The maximum Gasteiger partial charge on any atom is 0.227 e. The summed E-state index contributed by atoms with van der Waals surface area (Å²) in [5.74, 6) is -0.0498. The van der Waals surface area contributed by atoms with Gasteiger partial charge < -0.3 is 10.2 Å². The number of rotatable bonds is 7. The van der Waals surface area contributed by atoms with Crippen molar-refractivity contribution < 1.29 is 12.8 Å². The molecule has 4 rings (SSSR count). The number of nitrogens with one attached hydrogen (secondary N) is 1. The van der Waals surface area contributed by atoms with Gasteiger partial charge in [0.25, 0.3) is 0 Å². The van der Waals surface area contributed by atoms with Crippen LogP contribution >= 0.6 is 11.6 Å². The molecule has 0 fully saturated rings. The highest BCUT2D eigenvalue weighted by Gasteiger charge is 2.29. The van der Waals surface area contributed by atoms with Gasteiger partial charge in [-0.2, -0.15) is 0 Å². The normalized spacial score (nSPS) is 14.9. The Kier molecular flexibility index (Phi) is 8.26. The number of hydrogen-bond donors (Lipinski definition) is 1. The number of aromatic nitrogens is 2. The van der Waals surface area contributed by atoms with Gasteiger partial charge in [0.05, 0.1) is 16.2 Å². The van der Waals surface area contributed by atoms with E-state index in [-0.39, 0.29) is 11.6 Å². The highest BCUT2D eigenvalue weighted by atomic mass is 35.5. The quantitative estimate of drug-likeness (QED) is 0.366. The summed E-state index contributed by atoms with van der Waals surface area (Å²) in [7, 11) is -1.33. The van der Waals surface area contributed by atoms with E-state index in [2.05, 4.69) is 33.3 Å². The molecule has 0 unspecified atom stereocenters. The van der Waals surface area contributed by atoms with E-state index in [0.29, 0.717) is 34.2 Å². The summed E-state index contributed by atoms with van der Waals surface area (Å²) >= 11 is 6.35. The predicted octanol–water partition coefficient (Wildman–Crippen LogP) is 6.34. The molecule has 0 bridgehead atoms. The first-order valence-corrected chi connectivity index (χ1v) is 14.6. The van der Waals surface area contributed by atoms with Crippen LogP contribution in [0, 0.1) is 12.7 Å². The van der Waals surface area contributed by atoms with Gasteiger partial charge in [-0.1, -0.05) is 29.8 Å². The van der Waals surface area contributed by atoms with Gasteiger partial charge in [0.2, 0.25) is 5.95 Å². The topological polar surface area (TPSA) is 75.2 Å². The first-order valence-electron chi connectivity index (χ1n) is 12.6. The van der Waals surface area contributed by atoms with Crippen molar-refractivity contribution in [2.24, 2.45) is 0 Å². The Morgan fingerprint density at radius 1 is 1.16 bits per heavy atom. The second kappa shape index (κ2) is 11.1. The molecule has 0 radical (unpaired) electrons. The predicted molar refractivity (Wildman–Crippen MR) is 153 cm³/mol. The molecule has 0 aliphatic carbocycles. The highest BCUT2D eigenvalue weighted by molar-refractivity contribution is 7.91. The van der Waals surface area contributed by atoms with Gasteiger partial charge >= 0.3 is 0 Å². The van der Waals surface area contributed by atoms with Crippen molar-refractivity contribution >= 4 is 38.6 Å². The Balaban J connectivity index is 1.52. The van der Waals surface area contributed by atoms with Crippen LogP contribution in [-0.2, 0) is 22.0 Å². The Morgan fingerprint density at radius 2 is 1.92 bits per heavy atom. The van der Waals surface area contributed by atoms with Gasteiger partial charge in [0, 0.05) is 42.0 Å². The van der Waals surface area contributed by atoms with Crippen molar-refractivity contribution in [1.82, 2.24) is 14.9 Å². The summed E-state index contributed by atoms with van der Waals surface area (Å²) in [6.45, 7) is 8.70. The lowest BCUT2D eigenvalue weighted by atomic mass is 9.99. The number of benzene rings is 2. The fourth-order valence-corrected chi connectivity index (χ4v) is 5.52. The van der Waals surface area contributed by atoms with E-state index < -0.39 is 14.6 Å². The third kappa shape index (κ3) is 6.60. The summed E-state index contributed by atoms with van der Waals surface area (Å²) in [5.41, 5.74) is 5.35. The lowest BCUT2D eigenvalue weighted by Crippen LogP contribution is -2.29. The van der Waals surface area contributed by atoms with E-state index in [0.717, 1.165) is 41.9 Å². The number of hydrogen-bond acceptors (Lipinski definition) is 6. The van der Waals surface area contributed by atoms with E-state index in [9.17, 15) is 12.8 Å². The molecular weight excluding hydrogens is 523 g/mol. The summed E-state index contributed by atoms with van der Waals surface area (Å²) in [4.78, 5) is 11.2. The zero-order valence-corrected chi connectivity index (χ0v) is 24.0. The standard InChI is InChI=1S/C29H34ClFN4O2S/c1-19-17-32-28(33-23-7-8-24(26(31)16-23)21-10-12-35(5)13-11-21)34-27(19)15-20-6-9-25(30)22(14-20)18-38(36,37)29(2,3)4/h6-10,14,16-17H,11-13,15,18H2,1-5H3,(H,32,33,34). The summed E-state index contributed by atoms with van der Waals surface area (Å²) in [6.07, 6.45) is 5.09. The molecule has 1 aliphatic rings. The summed E-state index contributed by atoms with van der Waals surface area (Å²) < 4.78 is 39.5. The molecule has 1 N–H and O–H groups in total. The second-order valence-corrected chi connectivity index (χ2v) is 14.0. The van der Waals surface area contributed by atoms with Gasteiger partial charge in [-0.25, -0.2) is 22.8 Å². The van der Waals surface area contributed by atoms with Crippen LogP contribution in [0.4, 0.5) is 16.0 Å². The number of likely N-dealkylation sites (N-methyl/N-ethyl adjacent to an activating group) is 1. The van der Waals surface area contributed by atoms with Crippen LogP contribution in [-0.4, -0.2) is 48.2 Å². The van der Waals surface area contributed by atoms with Gasteiger partial charge in [-0.05, 0) is 87.7 Å². The molecule has 1 aromatic heterocycles. The molecule has 202 valence electrons. The smallest absolute Gasteiger partial charge is 0.227 e. The fourth-order valence-electron chi connectivity index (χ4n) is 4.18. The van der Waals surface area contributed by atoms with Crippen molar-refractivity contribution in [3.05, 3.63) is 87.5 Å². The van der Waals surface area contributed by atoms with Crippen molar-refractivity contribution in [2.75, 3.05) is 25.5 Å². The molecule has 0 atom stereocenters. The van der Waals surface area contributed by atoms with Crippen molar-refractivity contribution in [3.8, 4) is 0 Å². The summed E-state index contributed by atoms with van der Waals surface area (Å²) in [6, 6.07) is 10.5. The number of nitrogens with zero attached hydrogens (tertiary/aromatic N) is 3. The molecule has 0 amide bonds. The van der Waals surface area contributed by atoms with Crippen molar-refractivity contribution in [2.45, 2.75) is 51.0 Å². The van der Waals surface area contributed by atoms with Gasteiger partial charge in [0.15, 0.2) is 9.84 Å². The Morgan fingerprint density at radius 3 is 2.58 bits per heavy atom. The second-order valence-electron chi connectivity index (χ2n) is 10.9. The number of sulfone groups is 1. The van der Waals surface area contributed by atoms with Crippen LogP contribution < -0.4 is 5.32 Å². The molecule has 3 aromatic rings. The van der Waals surface area contributed by atoms with Crippen LogP contribution in [0.15, 0.2) is 48.7 Å². The zero-order chi connectivity index (χ0) is 27.7. The molecule has 2 aromatic carbocycles. The zero-order valence-electron chi connectivity index (χ0n) is 22.5.